The van der Waals surface area contributed by atoms with Crippen molar-refractivity contribution in [3.05, 3.63) is 63.1 Å². The summed E-state index contributed by atoms with van der Waals surface area (Å²) in [7, 11) is 0. The Morgan fingerprint density at radius 2 is 1.67 bits per heavy atom. The fraction of sp³-hybridized carbons (Fsp3) is 0.133. The number of hydrogen-bond acceptors (Lipinski definition) is 2. The van der Waals surface area contributed by atoms with Crippen LogP contribution in [0.3, 0.4) is 0 Å². The highest BCUT2D eigenvalue weighted by Crippen LogP contribution is 2.33. The van der Waals surface area contributed by atoms with Crippen molar-refractivity contribution >= 4 is 46.4 Å². The minimum Gasteiger partial charge on any atom is -0.324 e. The molecule has 0 bridgehead atoms. The summed E-state index contributed by atoms with van der Waals surface area (Å²) in [6.07, 6.45) is 0.124. The van der Waals surface area contributed by atoms with Crippen LogP contribution >= 0.6 is 34.8 Å². The van der Waals surface area contributed by atoms with Gasteiger partial charge in [-0.25, -0.2) is 0 Å². The van der Waals surface area contributed by atoms with E-state index in [9.17, 15) is 4.79 Å². The Morgan fingerprint density at radius 1 is 1.10 bits per heavy atom. The molecule has 0 fully saturated rings. The predicted octanol–water partition coefficient (Wildman–Crippen LogP) is 4.68. The number of rotatable bonds is 4. The average molecular weight is 344 g/mol. The number of halogens is 3. The van der Waals surface area contributed by atoms with Crippen molar-refractivity contribution in [2.75, 3.05) is 5.32 Å². The van der Waals surface area contributed by atoms with E-state index < -0.39 is 6.04 Å². The van der Waals surface area contributed by atoms with Gasteiger partial charge in [-0.15, -0.1) is 0 Å². The van der Waals surface area contributed by atoms with Gasteiger partial charge in [-0.05, 0) is 17.7 Å². The van der Waals surface area contributed by atoms with E-state index in [0.717, 1.165) is 5.56 Å². The Labute approximate surface area is 138 Å². The Kier molecular flexibility index (Phi) is 5.48. The average Bonchev–Trinajstić information content (AvgIpc) is 2.43. The SMILES string of the molecule is NC(CC(=O)Nc1c(Cl)cc(Cl)cc1Cl)c1ccccc1. The third-order valence-corrected chi connectivity index (χ3v) is 3.72. The highest BCUT2D eigenvalue weighted by molar-refractivity contribution is 6.42. The van der Waals surface area contributed by atoms with Crippen LogP contribution in [0.4, 0.5) is 5.69 Å². The number of anilines is 1. The molecule has 6 heteroatoms. The molecule has 0 saturated heterocycles. The third kappa shape index (κ3) is 4.35. The zero-order chi connectivity index (χ0) is 15.4. The first-order valence-corrected chi connectivity index (χ1v) is 7.35. The van der Waals surface area contributed by atoms with Gasteiger partial charge in [0, 0.05) is 17.5 Å². The molecule has 1 atom stereocenters. The summed E-state index contributed by atoms with van der Waals surface area (Å²) in [6, 6.07) is 12.0. The van der Waals surface area contributed by atoms with Crippen molar-refractivity contribution in [2.45, 2.75) is 12.5 Å². The topological polar surface area (TPSA) is 55.1 Å². The number of amides is 1. The molecule has 2 rings (SSSR count). The van der Waals surface area contributed by atoms with Crippen molar-refractivity contribution in [1.82, 2.24) is 0 Å². The lowest BCUT2D eigenvalue weighted by Gasteiger charge is -2.14. The standard InChI is InChI=1S/C15H13Cl3N2O/c16-10-6-11(17)15(12(18)7-10)20-14(21)8-13(19)9-4-2-1-3-5-9/h1-7,13H,8,19H2,(H,20,21). The molecular weight excluding hydrogens is 331 g/mol. The van der Waals surface area contributed by atoms with E-state index in [2.05, 4.69) is 5.32 Å². The van der Waals surface area contributed by atoms with Gasteiger partial charge in [0.2, 0.25) is 5.91 Å². The lowest BCUT2D eigenvalue weighted by atomic mass is 10.0. The molecule has 21 heavy (non-hydrogen) atoms. The van der Waals surface area contributed by atoms with Crippen molar-refractivity contribution in [3.63, 3.8) is 0 Å². The van der Waals surface area contributed by atoms with E-state index in [1.54, 1.807) is 0 Å². The monoisotopic (exact) mass is 342 g/mol. The van der Waals surface area contributed by atoms with Crippen LogP contribution in [-0.4, -0.2) is 5.91 Å². The summed E-state index contributed by atoms with van der Waals surface area (Å²) in [5.41, 5.74) is 7.23. The van der Waals surface area contributed by atoms with Gasteiger partial charge in [0.15, 0.2) is 0 Å². The van der Waals surface area contributed by atoms with Crippen LogP contribution in [0.15, 0.2) is 42.5 Å². The van der Waals surface area contributed by atoms with Crippen molar-refractivity contribution in [2.24, 2.45) is 5.73 Å². The van der Waals surface area contributed by atoms with E-state index in [1.165, 1.54) is 12.1 Å². The summed E-state index contributed by atoms with van der Waals surface area (Å²) in [4.78, 5) is 12.0. The first-order valence-electron chi connectivity index (χ1n) is 6.22. The fourth-order valence-corrected chi connectivity index (χ4v) is 2.78. The summed E-state index contributed by atoms with van der Waals surface area (Å²) in [5.74, 6) is -0.266. The molecule has 0 saturated carbocycles. The molecule has 0 aromatic heterocycles. The molecule has 2 aromatic rings. The Balaban J connectivity index is 2.06. The molecule has 2 aromatic carbocycles. The summed E-state index contributed by atoms with van der Waals surface area (Å²) in [5, 5.41) is 3.64. The lowest BCUT2D eigenvalue weighted by Crippen LogP contribution is -2.20. The number of nitrogens with one attached hydrogen (secondary N) is 1. The van der Waals surface area contributed by atoms with Crippen LogP contribution in [0.5, 0.6) is 0 Å². The summed E-state index contributed by atoms with van der Waals surface area (Å²) >= 11 is 17.9. The van der Waals surface area contributed by atoms with E-state index in [4.69, 9.17) is 40.5 Å². The third-order valence-electron chi connectivity index (χ3n) is 2.90. The zero-order valence-electron chi connectivity index (χ0n) is 10.9. The van der Waals surface area contributed by atoms with Crippen molar-refractivity contribution in [3.8, 4) is 0 Å². The van der Waals surface area contributed by atoms with Crippen molar-refractivity contribution in [1.29, 1.82) is 0 Å². The molecule has 0 radical (unpaired) electrons. The van der Waals surface area contributed by atoms with Crippen LogP contribution in [0.25, 0.3) is 0 Å². The molecule has 3 nitrogen and oxygen atoms in total. The van der Waals surface area contributed by atoms with Crippen LogP contribution in [0.1, 0.15) is 18.0 Å². The van der Waals surface area contributed by atoms with Crippen molar-refractivity contribution < 1.29 is 4.79 Å². The van der Waals surface area contributed by atoms with E-state index in [0.29, 0.717) is 10.7 Å². The van der Waals surface area contributed by atoms with Crippen LogP contribution in [0, 0.1) is 0 Å². The molecule has 1 amide bonds. The molecule has 0 spiro atoms. The molecule has 0 heterocycles. The second-order valence-electron chi connectivity index (χ2n) is 4.51. The van der Waals surface area contributed by atoms with Crippen LogP contribution in [0.2, 0.25) is 15.1 Å². The predicted molar refractivity (Wildman–Crippen MR) is 88.1 cm³/mol. The lowest BCUT2D eigenvalue weighted by molar-refractivity contribution is -0.116. The fourth-order valence-electron chi connectivity index (χ4n) is 1.87. The van der Waals surface area contributed by atoms with E-state index in [1.807, 2.05) is 30.3 Å². The van der Waals surface area contributed by atoms with Crippen LogP contribution < -0.4 is 11.1 Å². The number of carbonyl (C=O) groups excluding carboxylic acids is 1. The van der Waals surface area contributed by atoms with E-state index >= 15 is 0 Å². The molecule has 1 unspecified atom stereocenters. The van der Waals surface area contributed by atoms with Gasteiger partial charge in [0.25, 0.3) is 0 Å². The van der Waals surface area contributed by atoms with Gasteiger partial charge in [-0.3, -0.25) is 4.79 Å². The minimum absolute atomic E-state index is 0.124. The van der Waals surface area contributed by atoms with Crippen LogP contribution in [-0.2, 0) is 4.79 Å². The maximum atomic E-state index is 12.0. The van der Waals surface area contributed by atoms with Gasteiger partial charge in [-0.1, -0.05) is 65.1 Å². The summed E-state index contributed by atoms with van der Waals surface area (Å²) in [6.45, 7) is 0. The minimum atomic E-state index is -0.393. The first-order chi connectivity index (χ1) is 9.97. The van der Waals surface area contributed by atoms with Gasteiger partial charge in [0.05, 0.1) is 15.7 Å². The molecular formula is C15H13Cl3N2O. The normalized spacial score (nSPS) is 12.0. The number of hydrogen-bond donors (Lipinski definition) is 2. The van der Waals surface area contributed by atoms with Gasteiger partial charge in [-0.2, -0.15) is 0 Å². The number of carbonyl (C=O) groups is 1. The Bertz CT molecular complexity index is 624. The highest BCUT2D eigenvalue weighted by Gasteiger charge is 2.15. The van der Waals surface area contributed by atoms with Gasteiger partial charge in [0.1, 0.15) is 0 Å². The van der Waals surface area contributed by atoms with Gasteiger partial charge >= 0.3 is 0 Å². The maximum absolute atomic E-state index is 12.0. The number of benzene rings is 2. The highest BCUT2D eigenvalue weighted by atomic mass is 35.5. The van der Waals surface area contributed by atoms with Gasteiger partial charge < -0.3 is 11.1 Å². The number of nitrogens with two attached hydrogens (primary N) is 1. The first kappa shape index (κ1) is 16.1. The van der Waals surface area contributed by atoms with E-state index in [-0.39, 0.29) is 22.4 Å². The molecule has 110 valence electrons. The zero-order valence-corrected chi connectivity index (χ0v) is 13.2. The maximum Gasteiger partial charge on any atom is 0.226 e. The Hall–Kier alpha value is -1.26. The second-order valence-corrected chi connectivity index (χ2v) is 5.76. The largest absolute Gasteiger partial charge is 0.324 e. The summed E-state index contributed by atoms with van der Waals surface area (Å²) < 4.78 is 0. The Morgan fingerprint density at radius 3 is 2.24 bits per heavy atom. The smallest absolute Gasteiger partial charge is 0.226 e. The molecule has 0 aliphatic carbocycles. The second kappa shape index (κ2) is 7.14. The molecule has 0 aliphatic rings. The molecule has 3 N–H and O–H groups in total. The molecule has 0 aliphatic heterocycles. The quantitative estimate of drug-likeness (QED) is 0.847.